The van der Waals surface area contributed by atoms with Crippen molar-refractivity contribution in [1.29, 1.82) is 0 Å². The maximum absolute atomic E-state index is 6.63. The SMILES string of the molecule is Cc1c(Cl)c(CN2CCC(N3CCNCC3)C2)nc2ccccc12. The third-order valence-corrected chi connectivity index (χ3v) is 5.94. The van der Waals surface area contributed by atoms with E-state index in [1.54, 1.807) is 0 Å². The van der Waals surface area contributed by atoms with Crippen molar-refractivity contribution >= 4 is 22.5 Å². The summed E-state index contributed by atoms with van der Waals surface area (Å²) in [5.41, 5.74) is 3.22. The van der Waals surface area contributed by atoms with Crippen molar-refractivity contribution in [3.05, 3.63) is 40.5 Å². The number of pyridine rings is 1. The van der Waals surface area contributed by atoms with Crippen molar-refractivity contribution in [2.45, 2.75) is 25.9 Å². The van der Waals surface area contributed by atoms with Gasteiger partial charge in [-0.1, -0.05) is 29.8 Å². The molecular weight excluding hydrogens is 320 g/mol. The second-order valence-electron chi connectivity index (χ2n) is 6.98. The summed E-state index contributed by atoms with van der Waals surface area (Å²) in [5, 5.41) is 5.43. The Kier molecular flexibility index (Phi) is 4.72. The molecule has 4 nitrogen and oxygen atoms in total. The van der Waals surface area contributed by atoms with Gasteiger partial charge in [-0.15, -0.1) is 0 Å². The van der Waals surface area contributed by atoms with Gasteiger partial charge in [0.15, 0.2) is 0 Å². The van der Waals surface area contributed by atoms with Gasteiger partial charge in [0.1, 0.15) is 0 Å². The number of rotatable bonds is 3. The molecule has 1 unspecified atom stereocenters. The van der Waals surface area contributed by atoms with E-state index in [0.717, 1.165) is 59.9 Å². The number of likely N-dealkylation sites (tertiary alicyclic amines) is 1. The lowest BCUT2D eigenvalue weighted by molar-refractivity contribution is 0.170. The van der Waals surface area contributed by atoms with Crippen LogP contribution in [0.1, 0.15) is 17.7 Å². The van der Waals surface area contributed by atoms with Gasteiger partial charge in [-0.05, 0) is 25.0 Å². The van der Waals surface area contributed by atoms with E-state index in [1.807, 2.05) is 12.1 Å². The molecule has 2 saturated heterocycles. The molecule has 2 fully saturated rings. The average Bonchev–Trinajstić information content (AvgIpc) is 3.09. The highest BCUT2D eigenvalue weighted by atomic mass is 35.5. The number of nitrogens with zero attached hydrogens (tertiary/aromatic N) is 3. The minimum Gasteiger partial charge on any atom is -0.314 e. The first-order chi connectivity index (χ1) is 11.7. The minimum atomic E-state index is 0.687. The number of para-hydroxylation sites is 1. The van der Waals surface area contributed by atoms with E-state index in [0.29, 0.717) is 6.04 Å². The van der Waals surface area contributed by atoms with Crippen LogP contribution in [0.15, 0.2) is 24.3 Å². The first kappa shape index (κ1) is 16.3. The normalized spacial score (nSPS) is 23.2. The lowest BCUT2D eigenvalue weighted by Gasteiger charge is -2.32. The Morgan fingerprint density at radius 2 is 2.00 bits per heavy atom. The van der Waals surface area contributed by atoms with Crippen LogP contribution in [0.2, 0.25) is 5.02 Å². The summed E-state index contributed by atoms with van der Waals surface area (Å²) in [7, 11) is 0. The van der Waals surface area contributed by atoms with Crippen molar-refractivity contribution in [3.8, 4) is 0 Å². The molecule has 2 aliphatic heterocycles. The molecule has 2 aliphatic rings. The highest BCUT2D eigenvalue weighted by Gasteiger charge is 2.29. The highest BCUT2D eigenvalue weighted by molar-refractivity contribution is 6.32. The summed E-state index contributed by atoms with van der Waals surface area (Å²) >= 11 is 6.63. The smallest absolute Gasteiger partial charge is 0.0740 e. The number of benzene rings is 1. The second kappa shape index (κ2) is 6.96. The Morgan fingerprint density at radius 3 is 2.83 bits per heavy atom. The zero-order chi connectivity index (χ0) is 16.5. The van der Waals surface area contributed by atoms with E-state index in [-0.39, 0.29) is 0 Å². The van der Waals surface area contributed by atoms with E-state index in [1.165, 1.54) is 19.5 Å². The van der Waals surface area contributed by atoms with E-state index in [9.17, 15) is 0 Å². The molecule has 3 heterocycles. The van der Waals surface area contributed by atoms with Crippen molar-refractivity contribution in [1.82, 2.24) is 20.1 Å². The van der Waals surface area contributed by atoms with Crippen molar-refractivity contribution in [3.63, 3.8) is 0 Å². The van der Waals surface area contributed by atoms with Gasteiger partial charge in [-0.2, -0.15) is 0 Å². The summed E-state index contributed by atoms with van der Waals surface area (Å²) in [6.07, 6.45) is 1.25. The average molecular weight is 345 g/mol. The molecule has 128 valence electrons. The van der Waals surface area contributed by atoms with Crippen LogP contribution in [0.5, 0.6) is 0 Å². The molecule has 1 aromatic heterocycles. The van der Waals surface area contributed by atoms with Gasteiger partial charge in [0.05, 0.1) is 16.2 Å². The molecule has 0 spiro atoms. The zero-order valence-electron chi connectivity index (χ0n) is 14.3. The van der Waals surface area contributed by atoms with Gasteiger partial charge in [-0.3, -0.25) is 9.80 Å². The van der Waals surface area contributed by atoms with Crippen molar-refractivity contribution in [2.24, 2.45) is 0 Å². The lowest BCUT2D eigenvalue weighted by Crippen LogP contribution is -2.49. The molecule has 1 aromatic carbocycles. The van der Waals surface area contributed by atoms with Crippen molar-refractivity contribution in [2.75, 3.05) is 39.3 Å². The van der Waals surface area contributed by atoms with Gasteiger partial charge >= 0.3 is 0 Å². The Hall–Kier alpha value is -1.20. The van der Waals surface area contributed by atoms with Crippen LogP contribution in [-0.2, 0) is 6.54 Å². The van der Waals surface area contributed by atoms with Crippen LogP contribution < -0.4 is 5.32 Å². The maximum Gasteiger partial charge on any atom is 0.0740 e. The molecule has 0 bridgehead atoms. The van der Waals surface area contributed by atoms with E-state index in [4.69, 9.17) is 16.6 Å². The van der Waals surface area contributed by atoms with Crippen LogP contribution in [0, 0.1) is 6.92 Å². The van der Waals surface area contributed by atoms with Crippen LogP contribution in [0.3, 0.4) is 0 Å². The number of hydrogen-bond donors (Lipinski definition) is 1. The van der Waals surface area contributed by atoms with Gasteiger partial charge in [0.25, 0.3) is 0 Å². The van der Waals surface area contributed by atoms with E-state index < -0.39 is 0 Å². The fourth-order valence-corrected chi connectivity index (χ4v) is 4.24. The summed E-state index contributed by atoms with van der Waals surface area (Å²) in [6.45, 7) is 9.81. The van der Waals surface area contributed by atoms with E-state index >= 15 is 0 Å². The molecule has 2 aromatic rings. The zero-order valence-corrected chi connectivity index (χ0v) is 15.0. The number of hydrogen-bond acceptors (Lipinski definition) is 4. The number of fused-ring (bicyclic) bond motifs is 1. The van der Waals surface area contributed by atoms with Crippen LogP contribution >= 0.6 is 11.6 Å². The summed E-state index contributed by atoms with van der Waals surface area (Å²) in [5.74, 6) is 0. The Labute approximate surface area is 148 Å². The van der Waals surface area contributed by atoms with Crippen LogP contribution in [-0.4, -0.2) is 60.1 Å². The predicted octanol–water partition coefficient (Wildman–Crippen LogP) is 2.68. The minimum absolute atomic E-state index is 0.687. The monoisotopic (exact) mass is 344 g/mol. The topological polar surface area (TPSA) is 31.4 Å². The standard InChI is InChI=1S/C19H25ClN4/c1-14-16-4-2-3-5-17(16)22-18(19(14)20)13-23-9-6-15(12-23)24-10-7-21-8-11-24/h2-5,15,21H,6-13H2,1H3. The third kappa shape index (κ3) is 3.16. The molecule has 4 rings (SSSR count). The van der Waals surface area contributed by atoms with Crippen LogP contribution in [0.25, 0.3) is 10.9 Å². The number of halogens is 1. The first-order valence-electron chi connectivity index (χ1n) is 8.93. The molecule has 5 heteroatoms. The quantitative estimate of drug-likeness (QED) is 0.927. The highest BCUT2D eigenvalue weighted by Crippen LogP contribution is 2.28. The van der Waals surface area contributed by atoms with E-state index in [2.05, 4.69) is 34.2 Å². The van der Waals surface area contributed by atoms with Crippen molar-refractivity contribution < 1.29 is 0 Å². The van der Waals surface area contributed by atoms with Gasteiger partial charge in [0.2, 0.25) is 0 Å². The summed E-state index contributed by atoms with van der Waals surface area (Å²) in [4.78, 5) is 9.98. The first-order valence-corrected chi connectivity index (χ1v) is 9.31. The molecule has 1 atom stereocenters. The molecule has 0 amide bonds. The molecule has 0 aliphatic carbocycles. The largest absolute Gasteiger partial charge is 0.314 e. The Morgan fingerprint density at radius 1 is 1.21 bits per heavy atom. The Balaban J connectivity index is 1.49. The fourth-order valence-electron chi connectivity index (χ4n) is 4.04. The molecule has 24 heavy (non-hydrogen) atoms. The Bertz CT molecular complexity index is 727. The second-order valence-corrected chi connectivity index (χ2v) is 7.36. The van der Waals surface area contributed by atoms with Crippen LogP contribution in [0.4, 0.5) is 0 Å². The third-order valence-electron chi connectivity index (χ3n) is 5.43. The summed E-state index contributed by atoms with van der Waals surface area (Å²) in [6, 6.07) is 8.96. The van der Waals surface area contributed by atoms with Gasteiger partial charge < -0.3 is 5.32 Å². The number of aryl methyl sites for hydroxylation is 1. The molecular formula is C19H25ClN4. The maximum atomic E-state index is 6.63. The predicted molar refractivity (Wildman–Crippen MR) is 99.6 cm³/mol. The lowest BCUT2D eigenvalue weighted by atomic mass is 10.1. The molecule has 0 saturated carbocycles. The van der Waals surface area contributed by atoms with Gasteiger partial charge in [0, 0.05) is 57.2 Å². The fraction of sp³-hybridized carbons (Fsp3) is 0.526. The molecule has 0 radical (unpaired) electrons. The number of aromatic nitrogens is 1. The number of piperazine rings is 1. The molecule has 1 N–H and O–H groups in total. The summed E-state index contributed by atoms with van der Waals surface area (Å²) < 4.78 is 0. The number of nitrogens with one attached hydrogen (secondary N) is 1. The van der Waals surface area contributed by atoms with Gasteiger partial charge in [-0.25, -0.2) is 4.98 Å².